The minimum atomic E-state index is -0.236. The number of rotatable bonds is 6. The quantitative estimate of drug-likeness (QED) is 0.445. The molecule has 0 aliphatic carbocycles. The average molecular weight is 429 g/mol. The van der Waals surface area contributed by atoms with Crippen LogP contribution >= 0.6 is 0 Å². The van der Waals surface area contributed by atoms with Gasteiger partial charge in [0.1, 0.15) is 17.4 Å². The third kappa shape index (κ3) is 3.84. The smallest absolute Gasteiger partial charge is 0.223 e. The normalized spacial score (nSPS) is 16.1. The van der Waals surface area contributed by atoms with Crippen LogP contribution in [0.25, 0.3) is 11.0 Å². The summed E-state index contributed by atoms with van der Waals surface area (Å²) in [5, 5.41) is 0. The number of carbonyl (C=O) groups is 1. The minimum absolute atomic E-state index is 0.0417. The molecule has 1 unspecified atom stereocenters. The zero-order valence-corrected chi connectivity index (χ0v) is 17.9. The van der Waals surface area contributed by atoms with Crippen LogP contribution in [0, 0.1) is 5.82 Å². The van der Waals surface area contributed by atoms with Crippen molar-refractivity contribution in [2.75, 3.05) is 13.7 Å². The number of likely N-dealkylation sites (tertiary alicyclic amines) is 1. The van der Waals surface area contributed by atoms with Gasteiger partial charge in [0.2, 0.25) is 5.91 Å². The number of carbonyl (C=O) groups excluding carboxylic acids is 1. The topological polar surface area (TPSA) is 47.4 Å². The van der Waals surface area contributed by atoms with Gasteiger partial charge in [-0.05, 0) is 35.9 Å². The fourth-order valence-electron chi connectivity index (χ4n) is 4.42. The van der Waals surface area contributed by atoms with Gasteiger partial charge >= 0.3 is 0 Å². The van der Waals surface area contributed by atoms with E-state index in [1.165, 1.54) is 6.07 Å². The number of para-hydroxylation sites is 2. The van der Waals surface area contributed by atoms with E-state index in [0.29, 0.717) is 31.6 Å². The van der Waals surface area contributed by atoms with Gasteiger partial charge in [-0.1, -0.05) is 42.5 Å². The number of aromatic nitrogens is 2. The molecule has 162 valence electrons. The predicted octanol–water partition coefficient (Wildman–Crippen LogP) is 4.75. The molecule has 1 amide bonds. The molecule has 1 aliphatic heterocycles. The van der Waals surface area contributed by atoms with E-state index in [1.54, 1.807) is 19.2 Å². The van der Waals surface area contributed by atoms with Crippen LogP contribution in [0.15, 0.2) is 72.8 Å². The molecule has 32 heavy (non-hydrogen) atoms. The third-order valence-electron chi connectivity index (χ3n) is 6.08. The van der Waals surface area contributed by atoms with Gasteiger partial charge in [-0.3, -0.25) is 4.79 Å². The van der Waals surface area contributed by atoms with E-state index in [1.807, 2.05) is 59.5 Å². The van der Waals surface area contributed by atoms with Gasteiger partial charge in [0.25, 0.3) is 0 Å². The maximum Gasteiger partial charge on any atom is 0.223 e. The molecule has 0 saturated carbocycles. The maximum atomic E-state index is 14.4. The second-order valence-electron chi connectivity index (χ2n) is 8.16. The van der Waals surface area contributed by atoms with Gasteiger partial charge in [0.05, 0.1) is 24.7 Å². The van der Waals surface area contributed by atoms with E-state index in [9.17, 15) is 9.18 Å². The molecule has 1 saturated heterocycles. The summed E-state index contributed by atoms with van der Waals surface area (Å²) in [6, 6.07) is 22.4. The first kappa shape index (κ1) is 20.2. The van der Waals surface area contributed by atoms with Crippen LogP contribution in [0.3, 0.4) is 0 Å². The largest absolute Gasteiger partial charge is 0.497 e. The Balaban J connectivity index is 1.44. The molecule has 0 radical (unpaired) electrons. The Bertz CT molecular complexity index is 1270. The zero-order chi connectivity index (χ0) is 22.1. The van der Waals surface area contributed by atoms with Crippen molar-refractivity contribution < 1.29 is 13.9 Å². The van der Waals surface area contributed by atoms with E-state index < -0.39 is 0 Å². The third-order valence-corrected chi connectivity index (χ3v) is 6.08. The molecular formula is C26H24FN3O2. The van der Waals surface area contributed by atoms with Crippen LogP contribution in [-0.4, -0.2) is 34.0 Å². The monoisotopic (exact) mass is 429 g/mol. The van der Waals surface area contributed by atoms with Crippen molar-refractivity contribution in [3.05, 3.63) is 95.6 Å². The minimum Gasteiger partial charge on any atom is -0.497 e. The van der Waals surface area contributed by atoms with E-state index >= 15 is 0 Å². The second-order valence-corrected chi connectivity index (χ2v) is 8.16. The lowest BCUT2D eigenvalue weighted by Crippen LogP contribution is -2.24. The van der Waals surface area contributed by atoms with Crippen LogP contribution in [-0.2, 0) is 17.9 Å². The number of benzene rings is 3. The molecule has 5 rings (SSSR count). The first-order valence-corrected chi connectivity index (χ1v) is 10.7. The van der Waals surface area contributed by atoms with Gasteiger partial charge in [-0.2, -0.15) is 0 Å². The van der Waals surface area contributed by atoms with Gasteiger partial charge in [-0.15, -0.1) is 0 Å². The number of ether oxygens (including phenoxy) is 1. The summed E-state index contributed by atoms with van der Waals surface area (Å²) in [6.07, 6.45) is 0.400. The Morgan fingerprint density at radius 3 is 2.53 bits per heavy atom. The van der Waals surface area contributed by atoms with E-state index in [0.717, 1.165) is 28.2 Å². The van der Waals surface area contributed by atoms with Crippen LogP contribution in [0.4, 0.5) is 4.39 Å². The van der Waals surface area contributed by atoms with Crippen LogP contribution < -0.4 is 4.74 Å². The van der Waals surface area contributed by atoms with E-state index in [-0.39, 0.29) is 17.6 Å². The highest BCUT2D eigenvalue weighted by atomic mass is 19.1. The summed E-state index contributed by atoms with van der Waals surface area (Å²) in [7, 11) is 1.64. The summed E-state index contributed by atoms with van der Waals surface area (Å²) < 4.78 is 21.7. The molecule has 1 aliphatic rings. The number of imidazole rings is 1. The molecule has 6 heteroatoms. The molecule has 0 bridgehead atoms. The standard InChI is InChI=1S/C26H24FN3O2/c1-32-21-12-10-18(11-13-21)15-29-16-20(14-25(29)31)26-28-23-8-4-5-9-24(23)30(26)17-19-6-2-3-7-22(19)27/h2-13,20H,14-17H2,1H3. The summed E-state index contributed by atoms with van der Waals surface area (Å²) in [4.78, 5) is 19.6. The number of fused-ring (bicyclic) bond motifs is 1. The summed E-state index contributed by atoms with van der Waals surface area (Å²) in [5.74, 6) is 1.45. The number of hydrogen-bond donors (Lipinski definition) is 0. The van der Waals surface area contributed by atoms with Crippen molar-refractivity contribution in [1.29, 1.82) is 0 Å². The van der Waals surface area contributed by atoms with Crippen LogP contribution in [0.2, 0.25) is 0 Å². The molecule has 5 nitrogen and oxygen atoms in total. The number of nitrogens with zero attached hydrogens (tertiary/aromatic N) is 3. The van der Waals surface area contributed by atoms with Crippen molar-refractivity contribution in [1.82, 2.24) is 14.5 Å². The number of amides is 1. The Morgan fingerprint density at radius 1 is 1.00 bits per heavy atom. The zero-order valence-electron chi connectivity index (χ0n) is 17.9. The average Bonchev–Trinajstić information content (AvgIpc) is 3.36. The van der Waals surface area contributed by atoms with Gasteiger partial charge < -0.3 is 14.2 Å². The summed E-state index contributed by atoms with van der Waals surface area (Å²) in [5.41, 5.74) is 3.47. The predicted molar refractivity (Wildman–Crippen MR) is 121 cm³/mol. The van der Waals surface area contributed by atoms with Crippen molar-refractivity contribution in [2.45, 2.75) is 25.4 Å². The van der Waals surface area contributed by atoms with Gasteiger partial charge in [0.15, 0.2) is 0 Å². The molecule has 1 atom stereocenters. The van der Waals surface area contributed by atoms with Crippen molar-refractivity contribution in [3.8, 4) is 5.75 Å². The first-order valence-electron chi connectivity index (χ1n) is 10.7. The highest BCUT2D eigenvalue weighted by Crippen LogP contribution is 2.32. The van der Waals surface area contributed by atoms with Crippen LogP contribution in [0.5, 0.6) is 5.75 Å². The van der Waals surface area contributed by atoms with E-state index in [4.69, 9.17) is 9.72 Å². The fourth-order valence-corrected chi connectivity index (χ4v) is 4.42. The van der Waals surface area contributed by atoms with Crippen molar-refractivity contribution in [2.24, 2.45) is 0 Å². The lowest BCUT2D eigenvalue weighted by atomic mass is 10.1. The van der Waals surface area contributed by atoms with Crippen molar-refractivity contribution in [3.63, 3.8) is 0 Å². The number of hydrogen-bond acceptors (Lipinski definition) is 3. The SMILES string of the molecule is COc1ccc(CN2CC(c3nc4ccccc4n3Cc3ccccc3F)CC2=O)cc1. The maximum absolute atomic E-state index is 14.4. The van der Waals surface area contributed by atoms with Crippen molar-refractivity contribution >= 4 is 16.9 Å². The Kier molecular flexibility index (Phi) is 5.35. The molecule has 4 aromatic rings. The lowest BCUT2D eigenvalue weighted by molar-refractivity contribution is -0.128. The fraction of sp³-hybridized carbons (Fsp3) is 0.231. The lowest BCUT2D eigenvalue weighted by Gasteiger charge is -2.18. The molecule has 2 heterocycles. The molecule has 1 fully saturated rings. The molecule has 1 aromatic heterocycles. The second kappa shape index (κ2) is 8.46. The molecule has 0 spiro atoms. The van der Waals surface area contributed by atoms with Gasteiger partial charge in [-0.25, -0.2) is 9.37 Å². The summed E-state index contributed by atoms with van der Waals surface area (Å²) >= 11 is 0. The molecular weight excluding hydrogens is 405 g/mol. The Morgan fingerprint density at radius 2 is 1.75 bits per heavy atom. The van der Waals surface area contributed by atoms with E-state index in [2.05, 4.69) is 4.57 Å². The molecule has 3 aromatic carbocycles. The number of methoxy groups -OCH3 is 1. The Labute approximate surface area is 186 Å². The highest BCUT2D eigenvalue weighted by Gasteiger charge is 2.34. The van der Waals surface area contributed by atoms with Gasteiger partial charge in [0, 0.05) is 31.0 Å². The number of halogens is 1. The first-order chi connectivity index (χ1) is 15.6. The highest BCUT2D eigenvalue weighted by molar-refractivity contribution is 5.81. The summed E-state index contributed by atoms with van der Waals surface area (Å²) in [6.45, 7) is 1.52. The Hall–Kier alpha value is -3.67. The van der Waals surface area contributed by atoms with Crippen LogP contribution in [0.1, 0.15) is 29.3 Å². The molecule has 0 N–H and O–H groups in total.